The molecule has 0 fully saturated rings. The number of anilines is 1. The molecule has 1 amide bonds. The van der Waals surface area contributed by atoms with Crippen molar-refractivity contribution in [3.05, 3.63) is 30.3 Å². The van der Waals surface area contributed by atoms with Crippen molar-refractivity contribution in [2.75, 3.05) is 5.32 Å². The lowest BCUT2D eigenvalue weighted by molar-refractivity contribution is -0.116. The Labute approximate surface area is 101 Å². The van der Waals surface area contributed by atoms with E-state index in [0.717, 1.165) is 0 Å². The highest BCUT2D eigenvalue weighted by molar-refractivity contribution is 7.87. The number of nitrogens with one attached hydrogen (secondary N) is 1. The zero-order chi connectivity index (χ0) is 12.9. The number of hydrogen-bond acceptors (Lipinski definition) is 3. The molecule has 0 saturated carbocycles. The second kappa shape index (κ2) is 5.79. The summed E-state index contributed by atoms with van der Waals surface area (Å²) in [5.74, 6) is -0.708. The van der Waals surface area contributed by atoms with Crippen LogP contribution in [0.25, 0.3) is 0 Å². The highest BCUT2D eigenvalue weighted by atomic mass is 32.2. The smallest absolute Gasteiger partial charge is 0.276 e. The molecule has 0 aliphatic carbocycles. The van der Waals surface area contributed by atoms with Crippen molar-refractivity contribution in [1.29, 1.82) is 0 Å². The Morgan fingerprint density at radius 1 is 1.35 bits per heavy atom. The first-order valence-electron chi connectivity index (χ1n) is 5.27. The summed E-state index contributed by atoms with van der Waals surface area (Å²) in [4.78, 5) is 11.7. The summed E-state index contributed by atoms with van der Waals surface area (Å²) in [7, 11) is -4.36. The Balaban J connectivity index is 2.80. The minimum atomic E-state index is -4.36. The van der Waals surface area contributed by atoms with Crippen molar-refractivity contribution < 1.29 is 17.8 Å². The summed E-state index contributed by atoms with van der Waals surface area (Å²) in [6, 6.07) is 8.51. The zero-order valence-electron chi connectivity index (χ0n) is 9.46. The second-order valence-corrected chi connectivity index (χ2v) is 5.25. The second-order valence-electron chi connectivity index (χ2n) is 3.65. The Morgan fingerprint density at radius 2 is 1.94 bits per heavy atom. The van der Waals surface area contributed by atoms with Crippen LogP contribution in [-0.2, 0) is 14.9 Å². The van der Waals surface area contributed by atoms with Crippen LogP contribution in [0.15, 0.2) is 30.3 Å². The highest BCUT2D eigenvalue weighted by Crippen LogP contribution is 2.12. The Kier molecular flexibility index (Phi) is 4.65. The summed E-state index contributed by atoms with van der Waals surface area (Å²) >= 11 is 0. The van der Waals surface area contributed by atoms with Gasteiger partial charge in [0.1, 0.15) is 0 Å². The molecule has 17 heavy (non-hydrogen) atoms. The Morgan fingerprint density at radius 3 is 2.41 bits per heavy atom. The molecular weight excluding hydrogens is 242 g/mol. The van der Waals surface area contributed by atoms with Gasteiger partial charge >= 0.3 is 0 Å². The fourth-order valence-corrected chi connectivity index (χ4v) is 2.28. The molecule has 0 saturated heterocycles. The predicted molar refractivity (Wildman–Crippen MR) is 65.3 cm³/mol. The van der Waals surface area contributed by atoms with Crippen LogP contribution in [0.5, 0.6) is 0 Å². The van der Waals surface area contributed by atoms with Crippen LogP contribution in [0.3, 0.4) is 0 Å². The summed E-state index contributed by atoms with van der Waals surface area (Å²) in [6.07, 6.45) is 0.587. The highest BCUT2D eigenvalue weighted by Gasteiger charge is 2.29. The van der Waals surface area contributed by atoms with Crippen molar-refractivity contribution in [2.45, 2.75) is 25.0 Å². The van der Waals surface area contributed by atoms with E-state index in [4.69, 9.17) is 4.55 Å². The number of carbonyl (C=O) groups is 1. The zero-order valence-corrected chi connectivity index (χ0v) is 10.3. The fraction of sp³-hybridized carbons (Fsp3) is 0.364. The van der Waals surface area contributed by atoms with Crippen molar-refractivity contribution in [1.82, 2.24) is 0 Å². The van der Waals surface area contributed by atoms with Crippen LogP contribution in [0.1, 0.15) is 19.8 Å². The number of amides is 1. The van der Waals surface area contributed by atoms with E-state index in [0.29, 0.717) is 12.1 Å². The van der Waals surface area contributed by atoms with E-state index in [2.05, 4.69) is 5.32 Å². The lowest BCUT2D eigenvalue weighted by Crippen LogP contribution is -2.34. The van der Waals surface area contributed by atoms with Crippen LogP contribution in [0.2, 0.25) is 0 Å². The first kappa shape index (κ1) is 13.7. The van der Waals surface area contributed by atoms with Crippen molar-refractivity contribution in [3.8, 4) is 0 Å². The third kappa shape index (κ3) is 4.16. The minimum absolute atomic E-state index is 0.0947. The van der Waals surface area contributed by atoms with E-state index in [9.17, 15) is 13.2 Å². The van der Waals surface area contributed by atoms with E-state index in [1.54, 1.807) is 37.3 Å². The fourth-order valence-electron chi connectivity index (χ4n) is 1.42. The molecule has 0 heterocycles. The van der Waals surface area contributed by atoms with E-state index < -0.39 is 21.3 Å². The van der Waals surface area contributed by atoms with Gasteiger partial charge in [-0.3, -0.25) is 9.35 Å². The lowest BCUT2D eigenvalue weighted by atomic mass is 10.2. The molecule has 0 radical (unpaired) electrons. The van der Waals surface area contributed by atoms with Crippen molar-refractivity contribution in [3.63, 3.8) is 0 Å². The quantitative estimate of drug-likeness (QED) is 0.786. The standard InChI is InChI=1S/C11H15NO4S/c1-2-6-10(17(14,15)16)11(13)12-9-7-4-3-5-8-9/h3-5,7-8,10H,2,6H2,1H3,(H,12,13)(H,14,15,16)/t10-/m0/s1. The van der Waals surface area contributed by atoms with Crippen molar-refractivity contribution in [2.24, 2.45) is 0 Å². The van der Waals surface area contributed by atoms with Gasteiger partial charge in [0, 0.05) is 5.69 Å². The van der Waals surface area contributed by atoms with Crippen LogP contribution in [0, 0.1) is 0 Å². The molecule has 1 rings (SSSR count). The molecule has 0 aliphatic rings. The summed E-state index contributed by atoms with van der Waals surface area (Å²) in [5.41, 5.74) is 0.502. The first-order chi connectivity index (χ1) is 7.95. The van der Waals surface area contributed by atoms with Crippen LogP contribution >= 0.6 is 0 Å². The Bertz CT molecular complexity index is 470. The van der Waals surface area contributed by atoms with Gasteiger partial charge < -0.3 is 5.32 Å². The van der Waals surface area contributed by atoms with Gasteiger partial charge in [-0.15, -0.1) is 0 Å². The van der Waals surface area contributed by atoms with Gasteiger partial charge in [-0.25, -0.2) is 0 Å². The molecule has 5 nitrogen and oxygen atoms in total. The number of hydrogen-bond donors (Lipinski definition) is 2. The third-order valence-electron chi connectivity index (χ3n) is 2.24. The predicted octanol–water partition coefficient (Wildman–Crippen LogP) is 1.68. The average molecular weight is 257 g/mol. The normalized spacial score (nSPS) is 13.1. The van der Waals surface area contributed by atoms with Crippen molar-refractivity contribution >= 4 is 21.7 Å². The van der Waals surface area contributed by atoms with E-state index >= 15 is 0 Å². The summed E-state index contributed by atoms with van der Waals surface area (Å²) < 4.78 is 31.1. The van der Waals surface area contributed by atoms with Crippen LogP contribution in [-0.4, -0.2) is 24.1 Å². The molecule has 1 aromatic rings. The van der Waals surface area contributed by atoms with Gasteiger partial charge in [0.15, 0.2) is 5.25 Å². The maximum absolute atomic E-state index is 11.7. The van der Waals surface area contributed by atoms with E-state index in [-0.39, 0.29) is 6.42 Å². The number of para-hydroxylation sites is 1. The largest absolute Gasteiger partial charge is 0.325 e. The maximum Gasteiger partial charge on any atom is 0.276 e. The molecule has 0 bridgehead atoms. The first-order valence-corrected chi connectivity index (χ1v) is 6.77. The molecule has 0 aromatic heterocycles. The molecule has 94 valence electrons. The maximum atomic E-state index is 11.7. The number of carbonyl (C=O) groups excluding carboxylic acids is 1. The van der Waals surface area contributed by atoms with E-state index in [1.807, 2.05) is 0 Å². The van der Waals surface area contributed by atoms with Crippen LogP contribution in [0.4, 0.5) is 5.69 Å². The lowest BCUT2D eigenvalue weighted by Gasteiger charge is -2.12. The van der Waals surface area contributed by atoms with Gasteiger partial charge in [0.2, 0.25) is 5.91 Å². The SMILES string of the molecule is CCC[C@@H](C(=O)Nc1ccccc1)S(=O)(=O)O. The molecular formula is C11H15NO4S. The van der Waals surface area contributed by atoms with Crippen LogP contribution < -0.4 is 5.32 Å². The average Bonchev–Trinajstić information content (AvgIpc) is 2.25. The molecule has 0 spiro atoms. The molecule has 1 atom stereocenters. The topological polar surface area (TPSA) is 83.5 Å². The van der Waals surface area contributed by atoms with Gasteiger partial charge in [-0.05, 0) is 18.6 Å². The van der Waals surface area contributed by atoms with Gasteiger partial charge in [0.25, 0.3) is 10.1 Å². The molecule has 1 aromatic carbocycles. The molecule has 2 N–H and O–H groups in total. The van der Waals surface area contributed by atoms with Gasteiger partial charge in [0.05, 0.1) is 0 Å². The van der Waals surface area contributed by atoms with Gasteiger partial charge in [-0.2, -0.15) is 8.42 Å². The number of rotatable bonds is 5. The molecule has 6 heteroatoms. The number of benzene rings is 1. The Hall–Kier alpha value is -1.40. The molecule has 0 unspecified atom stereocenters. The minimum Gasteiger partial charge on any atom is -0.325 e. The van der Waals surface area contributed by atoms with E-state index in [1.165, 1.54) is 0 Å². The van der Waals surface area contributed by atoms with Gasteiger partial charge in [-0.1, -0.05) is 31.5 Å². The molecule has 0 aliphatic heterocycles. The third-order valence-corrected chi connectivity index (χ3v) is 3.41. The monoisotopic (exact) mass is 257 g/mol. The summed E-state index contributed by atoms with van der Waals surface area (Å²) in [6.45, 7) is 1.74. The summed E-state index contributed by atoms with van der Waals surface area (Å²) in [5, 5.41) is 1.05.